The Hall–Kier alpha value is -1.10. The summed E-state index contributed by atoms with van der Waals surface area (Å²) >= 11 is 0. The molecule has 0 aliphatic rings. The van der Waals surface area contributed by atoms with E-state index in [2.05, 4.69) is 10.6 Å². The maximum absolute atomic E-state index is 11.1. The van der Waals surface area contributed by atoms with Crippen molar-refractivity contribution in [1.29, 1.82) is 0 Å². The van der Waals surface area contributed by atoms with Crippen molar-refractivity contribution in [2.45, 2.75) is 39.5 Å². The van der Waals surface area contributed by atoms with Gasteiger partial charge in [-0.1, -0.05) is 0 Å². The summed E-state index contributed by atoms with van der Waals surface area (Å²) in [5.74, 6) is -1.06. The Morgan fingerprint density at radius 2 is 1.77 bits per heavy atom. The van der Waals surface area contributed by atoms with Crippen LogP contribution < -0.4 is 10.6 Å². The molecule has 76 valence electrons. The summed E-state index contributed by atoms with van der Waals surface area (Å²) in [4.78, 5) is 21.6. The number of carbonyl (C=O) groups is 2. The monoisotopic (exact) mass is 188 g/mol. The fraction of sp³-hybridized carbons (Fsp3) is 0.750. The Bertz CT molecular complexity index is 208. The third-order valence-electron chi connectivity index (χ3n) is 1.09. The quantitative estimate of drug-likeness (QED) is 0.504. The minimum Gasteiger partial charge on any atom is -0.365 e. The van der Waals surface area contributed by atoms with Crippen LogP contribution >= 0.6 is 0 Å². The molecule has 0 spiro atoms. The second kappa shape index (κ2) is 4.23. The minimum atomic E-state index is -1.48. The molecule has 0 aromatic heterocycles. The maximum Gasteiger partial charge on any atom is 0.270 e. The first kappa shape index (κ1) is 11.9. The normalized spacial score (nSPS) is 13.3. The van der Waals surface area contributed by atoms with Crippen LogP contribution in [-0.2, 0) is 9.59 Å². The number of hydrogen-bond donors (Lipinski definition) is 3. The minimum absolute atomic E-state index is 0.420. The van der Waals surface area contributed by atoms with Gasteiger partial charge in [0.25, 0.3) is 5.91 Å². The van der Waals surface area contributed by atoms with Crippen molar-refractivity contribution in [1.82, 2.24) is 10.6 Å². The third-order valence-corrected chi connectivity index (χ3v) is 1.09. The number of carbonyl (C=O) groups excluding carboxylic acids is 2. The van der Waals surface area contributed by atoms with Gasteiger partial charge in [-0.05, 0) is 20.8 Å². The molecule has 0 aliphatic heterocycles. The van der Waals surface area contributed by atoms with Gasteiger partial charge in [0.2, 0.25) is 12.1 Å². The number of aliphatic hydroxyl groups is 1. The van der Waals surface area contributed by atoms with Crippen molar-refractivity contribution >= 4 is 11.8 Å². The first-order chi connectivity index (χ1) is 5.72. The Morgan fingerprint density at radius 3 is 2.08 bits per heavy atom. The van der Waals surface area contributed by atoms with E-state index in [1.165, 1.54) is 6.92 Å². The molecule has 3 N–H and O–H groups in total. The van der Waals surface area contributed by atoms with E-state index in [1.54, 1.807) is 20.8 Å². The number of aliphatic hydroxyl groups excluding tert-OH is 1. The van der Waals surface area contributed by atoms with E-state index in [0.717, 1.165) is 0 Å². The molecule has 0 unspecified atom stereocenters. The molecule has 0 saturated heterocycles. The van der Waals surface area contributed by atoms with Gasteiger partial charge in [-0.2, -0.15) is 0 Å². The van der Waals surface area contributed by atoms with Crippen molar-refractivity contribution in [2.24, 2.45) is 0 Å². The van der Waals surface area contributed by atoms with Crippen LogP contribution in [-0.4, -0.2) is 28.7 Å². The molecule has 1 atom stereocenters. The highest BCUT2D eigenvalue weighted by Gasteiger charge is 2.20. The summed E-state index contributed by atoms with van der Waals surface area (Å²) in [6.07, 6.45) is -1.48. The fourth-order valence-electron chi connectivity index (χ4n) is 0.696. The Labute approximate surface area is 77.5 Å². The second-order valence-electron chi connectivity index (χ2n) is 3.84. The molecule has 0 aliphatic carbocycles. The molecule has 13 heavy (non-hydrogen) atoms. The molecular formula is C8H16N2O3. The Kier molecular flexibility index (Phi) is 3.87. The molecular weight excluding hydrogens is 172 g/mol. The lowest BCUT2D eigenvalue weighted by Gasteiger charge is -2.22. The van der Waals surface area contributed by atoms with Crippen LogP contribution in [0.15, 0.2) is 0 Å². The molecule has 0 aromatic carbocycles. The van der Waals surface area contributed by atoms with Gasteiger partial charge in [0, 0.05) is 12.5 Å². The van der Waals surface area contributed by atoms with E-state index in [1.807, 2.05) is 0 Å². The van der Waals surface area contributed by atoms with Gasteiger partial charge in [-0.3, -0.25) is 9.59 Å². The molecule has 0 aromatic rings. The Morgan fingerprint density at radius 1 is 1.31 bits per heavy atom. The average molecular weight is 188 g/mol. The van der Waals surface area contributed by atoms with Gasteiger partial charge in [0.1, 0.15) is 0 Å². The molecule has 0 rings (SSSR count). The predicted octanol–water partition coefficient (Wildman–Crippen LogP) is -0.644. The van der Waals surface area contributed by atoms with Crippen molar-refractivity contribution in [3.63, 3.8) is 0 Å². The van der Waals surface area contributed by atoms with Crippen LogP contribution in [0, 0.1) is 0 Å². The maximum atomic E-state index is 11.1. The summed E-state index contributed by atoms with van der Waals surface area (Å²) in [5, 5.41) is 13.7. The zero-order valence-corrected chi connectivity index (χ0v) is 8.34. The molecule has 0 bridgehead atoms. The first-order valence-corrected chi connectivity index (χ1v) is 3.99. The first-order valence-electron chi connectivity index (χ1n) is 3.99. The third kappa shape index (κ3) is 6.10. The van der Waals surface area contributed by atoms with E-state index in [4.69, 9.17) is 5.11 Å². The van der Waals surface area contributed by atoms with Gasteiger partial charge in [-0.25, -0.2) is 0 Å². The highest BCUT2D eigenvalue weighted by atomic mass is 16.3. The van der Waals surface area contributed by atoms with E-state index < -0.39 is 23.6 Å². The molecule has 0 fully saturated rings. The highest BCUT2D eigenvalue weighted by molar-refractivity contribution is 5.85. The number of amides is 2. The van der Waals surface area contributed by atoms with E-state index in [-0.39, 0.29) is 0 Å². The SMILES string of the molecule is CC(=O)N[C@H](O)C(=O)NC(C)(C)C. The van der Waals surface area contributed by atoms with Crippen molar-refractivity contribution in [3.05, 3.63) is 0 Å². The zero-order valence-electron chi connectivity index (χ0n) is 8.34. The number of nitrogens with one attached hydrogen (secondary N) is 2. The number of rotatable bonds is 2. The largest absolute Gasteiger partial charge is 0.365 e. The summed E-state index contributed by atoms with van der Waals surface area (Å²) in [5.41, 5.74) is -0.420. The topological polar surface area (TPSA) is 78.4 Å². The van der Waals surface area contributed by atoms with E-state index in [9.17, 15) is 9.59 Å². The standard InChI is InChI=1S/C8H16N2O3/c1-5(11)9-6(12)7(13)10-8(2,3)4/h6,12H,1-4H3,(H,9,11)(H,10,13)/t6-/m1/s1. The van der Waals surface area contributed by atoms with Crippen LogP contribution in [0.2, 0.25) is 0 Å². The summed E-state index contributed by atoms with van der Waals surface area (Å²) < 4.78 is 0. The molecule has 2 amide bonds. The lowest BCUT2D eigenvalue weighted by atomic mass is 10.1. The van der Waals surface area contributed by atoms with Gasteiger partial charge in [0.05, 0.1) is 0 Å². The lowest BCUT2D eigenvalue weighted by molar-refractivity contribution is -0.137. The van der Waals surface area contributed by atoms with Gasteiger partial charge in [-0.15, -0.1) is 0 Å². The van der Waals surface area contributed by atoms with Crippen LogP contribution in [0.1, 0.15) is 27.7 Å². The van der Waals surface area contributed by atoms with Crippen LogP contribution in [0.4, 0.5) is 0 Å². The van der Waals surface area contributed by atoms with Crippen molar-refractivity contribution in [2.75, 3.05) is 0 Å². The fourth-order valence-corrected chi connectivity index (χ4v) is 0.696. The highest BCUT2D eigenvalue weighted by Crippen LogP contribution is 1.98. The molecule has 0 saturated carbocycles. The van der Waals surface area contributed by atoms with E-state index in [0.29, 0.717) is 0 Å². The van der Waals surface area contributed by atoms with E-state index >= 15 is 0 Å². The van der Waals surface area contributed by atoms with Gasteiger partial charge in [0.15, 0.2) is 0 Å². The van der Waals surface area contributed by atoms with Crippen molar-refractivity contribution in [3.8, 4) is 0 Å². The van der Waals surface area contributed by atoms with Gasteiger partial charge >= 0.3 is 0 Å². The Balaban J connectivity index is 4.05. The second-order valence-corrected chi connectivity index (χ2v) is 3.84. The molecule has 0 heterocycles. The average Bonchev–Trinajstić information content (AvgIpc) is 1.81. The van der Waals surface area contributed by atoms with Crippen molar-refractivity contribution < 1.29 is 14.7 Å². The van der Waals surface area contributed by atoms with Crippen LogP contribution in [0.25, 0.3) is 0 Å². The summed E-state index contributed by atoms with van der Waals surface area (Å²) in [7, 11) is 0. The smallest absolute Gasteiger partial charge is 0.270 e. The summed E-state index contributed by atoms with van der Waals surface area (Å²) in [6.45, 7) is 6.58. The summed E-state index contributed by atoms with van der Waals surface area (Å²) in [6, 6.07) is 0. The predicted molar refractivity (Wildman–Crippen MR) is 47.7 cm³/mol. The van der Waals surface area contributed by atoms with Gasteiger partial charge < -0.3 is 15.7 Å². The van der Waals surface area contributed by atoms with Crippen LogP contribution in [0.5, 0.6) is 0 Å². The molecule has 0 radical (unpaired) electrons. The lowest BCUT2D eigenvalue weighted by Crippen LogP contribution is -2.51. The van der Waals surface area contributed by atoms with Crippen LogP contribution in [0.3, 0.4) is 0 Å². The number of hydrogen-bond acceptors (Lipinski definition) is 3. The molecule has 5 heteroatoms. The molecule has 5 nitrogen and oxygen atoms in total. The zero-order chi connectivity index (χ0) is 10.6.